The summed E-state index contributed by atoms with van der Waals surface area (Å²) in [7, 11) is 2.03. The molecule has 0 aliphatic carbocycles. The number of nitrogens with one attached hydrogen (secondary N) is 1. The highest BCUT2D eigenvalue weighted by Gasteiger charge is 2.35. The molecule has 0 aromatic heterocycles. The molecule has 0 spiro atoms. The Balaban J connectivity index is 1.84. The summed E-state index contributed by atoms with van der Waals surface area (Å²) >= 11 is 2.14. The van der Waals surface area contributed by atoms with E-state index in [9.17, 15) is 0 Å². The standard InChI is InChI=1S/C8H16N2S/c1-9-6-10-2-7-4-11-5-8(7)3-10/h7-9H,2-6H2,1H3. The summed E-state index contributed by atoms with van der Waals surface area (Å²) < 4.78 is 0. The van der Waals surface area contributed by atoms with Crippen LogP contribution in [-0.2, 0) is 0 Å². The third kappa shape index (κ3) is 1.55. The lowest BCUT2D eigenvalue weighted by Crippen LogP contribution is -2.31. The Morgan fingerprint density at radius 3 is 2.55 bits per heavy atom. The van der Waals surface area contributed by atoms with Crippen LogP contribution in [0.3, 0.4) is 0 Å². The van der Waals surface area contributed by atoms with Crippen molar-refractivity contribution in [1.82, 2.24) is 10.2 Å². The second-order valence-electron chi connectivity index (χ2n) is 3.61. The average Bonchev–Trinajstić information content (AvgIpc) is 2.46. The van der Waals surface area contributed by atoms with Gasteiger partial charge in [0.1, 0.15) is 0 Å². The van der Waals surface area contributed by atoms with E-state index in [1.54, 1.807) is 0 Å². The maximum Gasteiger partial charge on any atom is 0.0478 e. The summed E-state index contributed by atoms with van der Waals surface area (Å²) in [5.41, 5.74) is 0. The molecule has 3 heteroatoms. The molecule has 2 atom stereocenters. The van der Waals surface area contributed by atoms with Crippen LogP contribution in [0.4, 0.5) is 0 Å². The van der Waals surface area contributed by atoms with Gasteiger partial charge >= 0.3 is 0 Å². The second-order valence-corrected chi connectivity index (χ2v) is 4.68. The van der Waals surface area contributed by atoms with E-state index in [1.165, 1.54) is 24.6 Å². The maximum atomic E-state index is 3.22. The summed E-state index contributed by atoms with van der Waals surface area (Å²) in [6.45, 7) is 3.74. The van der Waals surface area contributed by atoms with Crippen molar-refractivity contribution in [3.8, 4) is 0 Å². The third-order valence-corrected chi connectivity index (χ3v) is 4.03. The van der Waals surface area contributed by atoms with Gasteiger partial charge in [-0.2, -0.15) is 11.8 Å². The zero-order valence-corrected chi connectivity index (χ0v) is 7.86. The fraction of sp³-hybridized carbons (Fsp3) is 1.00. The first-order chi connectivity index (χ1) is 5.40. The van der Waals surface area contributed by atoms with E-state index in [0.29, 0.717) is 0 Å². The van der Waals surface area contributed by atoms with E-state index in [0.717, 1.165) is 18.5 Å². The third-order valence-electron chi connectivity index (χ3n) is 2.70. The Hall–Kier alpha value is 0.270. The first-order valence-electron chi connectivity index (χ1n) is 4.35. The fourth-order valence-electron chi connectivity index (χ4n) is 2.14. The predicted octanol–water partition coefficient (Wildman–Crippen LogP) is 0.458. The summed E-state index contributed by atoms with van der Waals surface area (Å²) in [6.07, 6.45) is 0. The quantitative estimate of drug-likeness (QED) is 0.651. The van der Waals surface area contributed by atoms with Gasteiger partial charge in [0.15, 0.2) is 0 Å². The number of nitrogens with zero attached hydrogens (tertiary/aromatic N) is 1. The maximum absolute atomic E-state index is 3.22. The van der Waals surface area contributed by atoms with Crippen LogP contribution in [0.15, 0.2) is 0 Å². The molecule has 2 aliphatic rings. The lowest BCUT2D eigenvalue weighted by Gasteiger charge is -2.15. The van der Waals surface area contributed by atoms with Crippen molar-refractivity contribution in [1.29, 1.82) is 0 Å². The molecule has 0 amide bonds. The average molecular weight is 172 g/mol. The summed E-state index contributed by atoms with van der Waals surface area (Å²) in [4.78, 5) is 2.54. The lowest BCUT2D eigenvalue weighted by atomic mass is 10.0. The normalized spacial score (nSPS) is 37.9. The number of hydrogen-bond donors (Lipinski definition) is 1. The number of likely N-dealkylation sites (tertiary alicyclic amines) is 1. The van der Waals surface area contributed by atoms with Crippen LogP contribution in [0.1, 0.15) is 0 Å². The number of fused-ring (bicyclic) bond motifs is 1. The molecule has 2 aliphatic heterocycles. The van der Waals surface area contributed by atoms with Crippen molar-refractivity contribution in [2.24, 2.45) is 11.8 Å². The van der Waals surface area contributed by atoms with Crippen LogP contribution in [-0.4, -0.2) is 43.2 Å². The van der Waals surface area contributed by atoms with Gasteiger partial charge in [-0.05, 0) is 30.4 Å². The molecule has 0 aromatic carbocycles. The van der Waals surface area contributed by atoms with Gasteiger partial charge in [-0.3, -0.25) is 4.90 Å². The van der Waals surface area contributed by atoms with Gasteiger partial charge in [0.2, 0.25) is 0 Å². The minimum Gasteiger partial charge on any atom is -0.307 e. The zero-order chi connectivity index (χ0) is 7.68. The molecule has 2 rings (SSSR count). The highest BCUT2D eigenvalue weighted by molar-refractivity contribution is 7.99. The minimum atomic E-state index is 1.01. The Bertz CT molecular complexity index is 128. The molecule has 0 bridgehead atoms. The second kappa shape index (κ2) is 3.33. The molecule has 0 saturated carbocycles. The van der Waals surface area contributed by atoms with Crippen LogP contribution in [0.5, 0.6) is 0 Å². The minimum absolute atomic E-state index is 1.01. The fourth-order valence-corrected chi connectivity index (χ4v) is 3.63. The SMILES string of the molecule is CNCN1CC2CSCC2C1. The van der Waals surface area contributed by atoms with Crippen LogP contribution >= 0.6 is 11.8 Å². The molecular weight excluding hydrogens is 156 g/mol. The predicted molar refractivity (Wildman–Crippen MR) is 49.8 cm³/mol. The van der Waals surface area contributed by atoms with Gasteiger partial charge in [0.05, 0.1) is 0 Å². The van der Waals surface area contributed by atoms with E-state index >= 15 is 0 Å². The van der Waals surface area contributed by atoms with Crippen LogP contribution in [0, 0.1) is 11.8 Å². The molecule has 2 fully saturated rings. The van der Waals surface area contributed by atoms with Crippen LogP contribution in [0.2, 0.25) is 0 Å². The Morgan fingerprint density at radius 2 is 2.00 bits per heavy atom. The number of thioether (sulfide) groups is 1. The smallest absolute Gasteiger partial charge is 0.0478 e. The zero-order valence-electron chi connectivity index (χ0n) is 7.05. The van der Waals surface area contributed by atoms with Crippen molar-refractivity contribution >= 4 is 11.8 Å². The monoisotopic (exact) mass is 172 g/mol. The molecule has 2 heterocycles. The molecular formula is C8H16N2S. The van der Waals surface area contributed by atoms with E-state index in [2.05, 4.69) is 22.0 Å². The Morgan fingerprint density at radius 1 is 1.36 bits per heavy atom. The molecule has 2 nitrogen and oxygen atoms in total. The topological polar surface area (TPSA) is 15.3 Å². The van der Waals surface area contributed by atoms with Crippen molar-refractivity contribution in [2.45, 2.75) is 0 Å². The van der Waals surface area contributed by atoms with Crippen molar-refractivity contribution in [2.75, 3.05) is 38.3 Å². The molecule has 2 unspecified atom stereocenters. The van der Waals surface area contributed by atoms with Gasteiger partial charge in [-0.25, -0.2) is 0 Å². The van der Waals surface area contributed by atoms with E-state index in [-0.39, 0.29) is 0 Å². The molecule has 1 N–H and O–H groups in total. The van der Waals surface area contributed by atoms with E-state index in [4.69, 9.17) is 0 Å². The van der Waals surface area contributed by atoms with Gasteiger partial charge in [-0.15, -0.1) is 0 Å². The van der Waals surface area contributed by atoms with Crippen LogP contribution < -0.4 is 5.32 Å². The number of hydrogen-bond acceptors (Lipinski definition) is 3. The molecule has 2 saturated heterocycles. The number of rotatable bonds is 2. The molecule has 0 aromatic rings. The first-order valence-corrected chi connectivity index (χ1v) is 5.50. The lowest BCUT2D eigenvalue weighted by molar-refractivity contribution is 0.307. The molecule has 0 radical (unpaired) electrons. The summed E-state index contributed by atoms with van der Waals surface area (Å²) in [6, 6.07) is 0. The van der Waals surface area contributed by atoms with Gasteiger partial charge in [0.25, 0.3) is 0 Å². The molecule has 11 heavy (non-hydrogen) atoms. The van der Waals surface area contributed by atoms with Crippen LogP contribution in [0.25, 0.3) is 0 Å². The summed E-state index contributed by atoms with van der Waals surface area (Å²) in [5.74, 6) is 4.83. The Kier molecular flexibility index (Phi) is 2.39. The van der Waals surface area contributed by atoms with Crippen molar-refractivity contribution < 1.29 is 0 Å². The summed E-state index contributed by atoms with van der Waals surface area (Å²) in [5, 5.41) is 3.22. The largest absolute Gasteiger partial charge is 0.307 e. The first kappa shape index (κ1) is 7.90. The van der Waals surface area contributed by atoms with Gasteiger partial charge in [-0.1, -0.05) is 0 Å². The van der Waals surface area contributed by atoms with Gasteiger partial charge in [0, 0.05) is 19.8 Å². The highest BCUT2D eigenvalue weighted by Crippen LogP contribution is 2.35. The van der Waals surface area contributed by atoms with Crippen molar-refractivity contribution in [3.63, 3.8) is 0 Å². The Labute approximate surface area is 72.7 Å². The van der Waals surface area contributed by atoms with Crippen molar-refractivity contribution in [3.05, 3.63) is 0 Å². The van der Waals surface area contributed by atoms with E-state index < -0.39 is 0 Å². The van der Waals surface area contributed by atoms with Gasteiger partial charge < -0.3 is 5.32 Å². The highest BCUT2D eigenvalue weighted by atomic mass is 32.2. The molecule has 64 valence electrons. The van der Waals surface area contributed by atoms with E-state index in [1.807, 2.05) is 7.05 Å².